The Labute approximate surface area is 118 Å². The number of hydrogen-bond donors (Lipinski definition) is 2. The highest BCUT2D eigenvalue weighted by atomic mass is 32.2. The largest absolute Gasteiger partial charge is 0.395 e. The number of nitrogens with one attached hydrogen (secondary N) is 1. The van der Waals surface area contributed by atoms with Crippen LogP contribution in [0.4, 0.5) is 10.5 Å². The van der Waals surface area contributed by atoms with Crippen LogP contribution >= 0.6 is 11.8 Å². The zero-order valence-electron chi connectivity index (χ0n) is 11.1. The molecule has 5 heteroatoms. The minimum absolute atomic E-state index is 0.0616. The molecule has 0 aliphatic rings. The Bertz CT molecular complexity index is 406. The summed E-state index contributed by atoms with van der Waals surface area (Å²) in [6.07, 6.45) is 3.69. The van der Waals surface area contributed by atoms with Crippen molar-refractivity contribution in [2.24, 2.45) is 0 Å². The molecule has 19 heavy (non-hydrogen) atoms. The van der Waals surface area contributed by atoms with Gasteiger partial charge in [0.25, 0.3) is 0 Å². The molecule has 0 bridgehead atoms. The zero-order chi connectivity index (χ0) is 14.1. The lowest BCUT2D eigenvalue weighted by Crippen LogP contribution is -2.37. The van der Waals surface area contributed by atoms with E-state index in [4.69, 9.17) is 5.11 Å². The van der Waals surface area contributed by atoms with Gasteiger partial charge in [0, 0.05) is 24.5 Å². The Hall–Kier alpha value is -1.46. The number of nitrogens with zero attached hydrogens (tertiary/aromatic N) is 1. The number of urea groups is 1. The Morgan fingerprint density at radius 1 is 1.47 bits per heavy atom. The minimum Gasteiger partial charge on any atom is -0.395 e. The van der Waals surface area contributed by atoms with Crippen molar-refractivity contribution in [1.82, 2.24) is 4.90 Å². The maximum absolute atomic E-state index is 12.0. The Kier molecular flexibility index (Phi) is 7.07. The summed E-state index contributed by atoms with van der Waals surface area (Å²) >= 11 is 1.76. The van der Waals surface area contributed by atoms with Gasteiger partial charge in [-0.3, -0.25) is 0 Å². The Morgan fingerprint density at radius 3 is 2.68 bits per heavy atom. The van der Waals surface area contributed by atoms with Gasteiger partial charge in [-0.15, -0.1) is 6.58 Å². The van der Waals surface area contributed by atoms with Crippen LogP contribution in [0.3, 0.4) is 0 Å². The molecule has 2 N–H and O–H groups in total. The molecule has 1 aromatic rings. The fourth-order valence-electron chi connectivity index (χ4n) is 1.61. The van der Waals surface area contributed by atoms with Crippen LogP contribution in [-0.4, -0.2) is 42.0 Å². The normalized spacial score (nSPS) is 10.0. The molecule has 0 heterocycles. The van der Waals surface area contributed by atoms with Crippen molar-refractivity contribution >= 4 is 23.5 Å². The first-order valence-electron chi connectivity index (χ1n) is 6.06. The molecular weight excluding hydrogens is 260 g/mol. The monoisotopic (exact) mass is 280 g/mol. The van der Waals surface area contributed by atoms with E-state index in [9.17, 15) is 4.79 Å². The van der Waals surface area contributed by atoms with Gasteiger partial charge in [0.05, 0.1) is 6.61 Å². The highest BCUT2D eigenvalue weighted by molar-refractivity contribution is 7.97. The molecule has 0 atom stereocenters. The van der Waals surface area contributed by atoms with Crippen molar-refractivity contribution in [3.8, 4) is 0 Å². The van der Waals surface area contributed by atoms with Gasteiger partial charge in [0.15, 0.2) is 0 Å². The van der Waals surface area contributed by atoms with Gasteiger partial charge in [-0.05, 0) is 24.0 Å². The van der Waals surface area contributed by atoms with E-state index in [1.165, 1.54) is 10.5 Å². The van der Waals surface area contributed by atoms with Gasteiger partial charge >= 0.3 is 6.03 Å². The van der Waals surface area contributed by atoms with Crippen LogP contribution in [-0.2, 0) is 5.75 Å². The summed E-state index contributed by atoms with van der Waals surface area (Å²) in [4.78, 5) is 13.5. The molecule has 0 aliphatic heterocycles. The van der Waals surface area contributed by atoms with Crippen LogP contribution in [0.5, 0.6) is 0 Å². The van der Waals surface area contributed by atoms with Crippen LogP contribution in [0, 0.1) is 0 Å². The quantitative estimate of drug-likeness (QED) is 0.755. The van der Waals surface area contributed by atoms with Crippen molar-refractivity contribution < 1.29 is 9.90 Å². The molecule has 0 fully saturated rings. The molecule has 0 spiro atoms. The van der Waals surface area contributed by atoms with Crippen LogP contribution in [0.25, 0.3) is 0 Å². The molecular formula is C14H20N2O2S. The number of hydrogen-bond acceptors (Lipinski definition) is 3. The third-order valence-electron chi connectivity index (χ3n) is 2.52. The maximum Gasteiger partial charge on any atom is 0.322 e. The minimum atomic E-state index is -0.230. The molecule has 0 saturated heterocycles. The van der Waals surface area contributed by atoms with E-state index in [2.05, 4.69) is 18.2 Å². The summed E-state index contributed by atoms with van der Waals surface area (Å²) in [6, 6.07) is 7.53. The van der Waals surface area contributed by atoms with Crippen molar-refractivity contribution in [2.75, 3.05) is 31.3 Å². The predicted octanol–water partition coefficient (Wildman–Crippen LogP) is 2.56. The zero-order valence-corrected chi connectivity index (χ0v) is 11.9. The second kappa shape index (κ2) is 8.61. The van der Waals surface area contributed by atoms with Crippen LogP contribution in [0.2, 0.25) is 0 Å². The van der Waals surface area contributed by atoms with E-state index in [-0.39, 0.29) is 12.6 Å². The van der Waals surface area contributed by atoms with E-state index in [0.717, 1.165) is 11.4 Å². The van der Waals surface area contributed by atoms with Gasteiger partial charge in [-0.1, -0.05) is 18.2 Å². The summed E-state index contributed by atoms with van der Waals surface area (Å²) in [5.74, 6) is 0.960. The second-order valence-electron chi connectivity index (χ2n) is 4.02. The van der Waals surface area contributed by atoms with Gasteiger partial charge in [-0.25, -0.2) is 4.79 Å². The summed E-state index contributed by atoms with van der Waals surface area (Å²) in [7, 11) is 0. The van der Waals surface area contributed by atoms with Gasteiger partial charge < -0.3 is 15.3 Å². The topological polar surface area (TPSA) is 52.6 Å². The number of benzene rings is 1. The first-order chi connectivity index (χ1) is 9.21. The number of carbonyl (C=O) groups is 1. The smallest absolute Gasteiger partial charge is 0.322 e. The standard InChI is InChI=1S/C14H20N2O2S/c1-3-8-16(9-10-17)14(18)15-13-6-4-12(5-7-13)11-19-2/h3-7,17H,1,8-11H2,2H3,(H,15,18). The molecule has 2 amide bonds. The Morgan fingerprint density at radius 2 is 2.16 bits per heavy atom. The summed E-state index contributed by atoms with van der Waals surface area (Å²) in [5.41, 5.74) is 1.98. The fourth-order valence-corrected chi connectivity index (χ4v) is 2.13. The number of aliphatic hydroxyl groups excluding tert-OH is 1. The van der Waals surface area contributed by atoms with E-state index in [0.29, 0.717) is 13.1 Å². The predicted molar refractivity (Wildman–Crippen MR) is 81.5 cm³/mol. The molecule has 0 unspecified atom stereocenters. The lowest BCUT2D eigenvalue weighted by Gasteiger charge is -2.20. The Balaban J connectivity index is 2.61. The molecule has 1 rings (SSSR count). The van der Waals surface area contributed by atoms with E-state index >= 15 is 0 Å². The average Bonchev–Trinajstić information content (AvgIpc) is 2.41. The maximum atomic E-state index is 12.0. The lowest BCUT2D eigenvalue weighted by atomic mass is 10.2. The molecule has 4 nitrogen and oxygen atoms in total. The van der Waals surface area contributed by atoms with E-state index < -0.39 is 0 Å². The number of amides is 2. The third kappa shape index (κ3) is 5.36. The molecule has 0 radical (unpaired) electrons. The van der Waals surface area contributed by atoms with E-state index in [1.54, 1.807) is 17.8 Å². The van der Waals surface area contributed by atoms with E-state index in [1.807, 2.05) is 24.3 Å². The first-order valence-corrected chi connectivity index (χ1v) is 7.46. The number of aliphatic hydroxyl groups is 1. The van der Waals surface area contributed by atoms with Crippen LogP contribution in [0.1, 0.15) is 5.56 Å². The van der Waals surface area contributed by atoms with Gasteiger partial charge in [-0.2, -0.15) is 11.8 Å². The number of carbonyl (C=O) groups excluding carboxylic acids is 1. The highest BCUT2D eigenvalue weighted by Crippen LogP contribution is 2.14. The second-order valence-corrected chi connectivity index (χ2v) is 4.88. The van der Waals surface area contributed by atoms with Crippen LogP contribution < -0.4 is 5.32 Å². The molecule has 0 saturated carbocycles. The molecule has 104 valence electrons. The van der Waals surface area contributed by atoms with Crippen molar-refractivity contribution in [3.05, 3.63) is 42.5 Å². The highest BCUT2D eigenvalue weighted by Gasteiger charge is 2.11. The molecule has 0 aliphatic carbocycles. The van der Waals surface area contributed by atoms with Gasteiger partial charge in [0.1, 0.15) is 0 Å². The number of rotatable bonds is 7. The van der Waals surface area contributed by atoms with Crippen LogP contribution in [0.15, 0.2) is 36.9 Å². The SMILES string of the molecule is C=CCN(CCO)C(=O)Nc1ccc(CSC)cc1. The lowest BCUT2D eigenvalue weighted by molar-refractivity contribution is 0.195. The summed E-state index contributed by atoms with van der Waals surface area (Å²) in [5, 5.41) is 11.7. The van der Waals surface area contributed by atoms with Crippen molar-refractivity contribution in [2.45, 2.75) is 5.75 Å². The fraction of sp³-hybridized carbons (Fsp3) is 0.357. The summed E-state index contributed by atoms with van der Waals surface area (Å²) < 4.78 is 0. The number of thioether (sulfide) groups is 1. The van der Waals surface area contributed by atoms with Crippen molar-refractivity contribution in [3.63, 3.8) is 0 Å². The first kappa shape index (κ1) is 15.6. The van der Waals surface area contributed by atoms with Gasteiger partial charge in [0.2, 0.25) is 0 Å². The summed E-state index contributed by atoms with van der Waals surface area (Å²) in [6.45, 7) is 4.24. The van der Waals surface area contributed by atoms with Crippen molar-refractivity contribution in [1.29, 1.82) is 0 Å². The molecule has 1 aromatic carbocycles. The number of anilines is 1. The third-order valence-corrected chi connectivity index (χ3v) is 3.14. The average molecular weight is 280 g/mol. The molecule has 0 aromatic heterocycles.